The number of halogens is 1. The fraction of sp³-hybridized carbons (Fsp3) is 0.200. The Bertz CT molecular complexity index is 805. The summed E-state index contributed by atoms with van der Waals surface area (Å²) in [5.74, 6) is -0.277. The topological polar surface area (TPSA) is 43.6 Å². The highest BCUT2D eigenvalue weighted by atomic mass is 127. The molecular formula is C15H13IN2O2S. The van der Waals surface area contributed by atoms with Crippen LogP contribution in [0.3, 0.4) is 0 Å². The number of rotatable bonds is 3. The highest BCUT2D eigenvalue weighted by molar-refractivity contribution is 14.1. The van der Waals surface area contributed by atoms with Gasteiger partial charge in [0.1, 0.15) is 4.88 Å². The summed E-state index contributed by atoms with van der Waals surface area (Å²) >= 11 is 3.65. The molecule has 0 aliphatic carbocycles. The van der Waals surface area contributed by atoms with Gasteiger partial charge in [0.2, 0.25) is 0 Å². The van der Waals surface area contributed by atoms with Gasteiger partial charge in [-0.3, -0.25) is 4.40 Å². The molecule has 108 valence electrons. The Labute approximate surface area is 139 Å². The lowest BCUT2D eigenvalue weighted by atomic mass is 10.2. The zero-order chi connectivity index (χ0) is 15.0. The molecule has 0 spiro atoms. The summed E-state index contributed by atoms with van der Waals surface area (Å²) in [6.07, 6.45) is 1.96. The second-order valence-electron chi connectivity index (χ2n) is 4.52. The number of hydrogen-bond acceptors (Lipinski definition) is 4. The van der Waals surface area contributed by atoms with Crippen molar-refractivity contribution in [2.75, 3.05) is 6.61 Å². The van der Waals surface area contributed by atoms with Gasteiger partial charge in [0.05, 0.1) is 12.3 Å². The van der Waals surface area contributed by atoms with Crippen LogP contribution >= 0.6 is 33.9 Å². The van der Waals surface area contributed by atoms with Crippen LogP contribution in [0.4, 0.5) is 0 Å². The molecule has 0 aliphatic heterocycles. The predicted molar refractivity (Wildman–Crippen MR) is 91.9 cm³/mol. The van der Waals surface area contributed by atoms with E-state index in [2.05, 4.69) is 51.8 Å². The number of benzene rings is 1. The minimum atomic E-state index is -0.277. The summed E-state index contributed by atoms with van der Waals surface area (Å²) in [5, 5.41) is 0. The number of esters is 1. The van der Waals surface area contributed by atoms with Gasteiger partial charge in [-0.15, -0.1) is 0 Å². The minimum Gasteiger partial charge on any atom is -0.462 e. The molecular weight excluding hydrogens is 399 g/mol. The summed E-state index contributed by atoms with van der Waals surface area (Å²) in [5.41, 5.74) is 2.86. The maximum atomic E-state index is 11.9. The first-order chi connectivity index (χ1) is 10.1. The Morgan fingerprint density at radius 1 is 1.38 bits per heavy atom. The quantitative estimate of drug-likeness (QED) is 0.480. The van der Waals surface area contributed by atoms with E-state index in [4.69, 9.17) is 4.74 Å². The molecule has 0 saturated heterocycles. The molecule has 0 fully saturated rings. The highest BCUT2D eigenvalue weighted by Crippen LogP contribution is 2.27. The van der Waals surface area contributed by atoms with Crippen molar-refractivity contribution in [3.05, 3.63) is 44.6 Å². The average Bonchev–Trinajstić information content (AvgIpc) is 3.00. The zero-order valence-corrected chi connectivity index (χ0v) is 14.6. The van der Waals surface area contributed by atoms with E-state index in [-0.39, 0.29) is 5.97 Å². The molecule has 0 bridgehead atoms. The Morgan fingerprint density at radius 2 is 2.10 bits per heavy atom. The maximum absolute atomic E-state index is 11.9. The second kappa shape index (κ2) is 5.76. The van der Waals surface area contributed by atoms with Crippen molar-refractivity contribution < 1.29 is 9.53 Å². The smallest absolute Gasteiger partial charge is 0.350 e. The Hall–Kier alpha value is -1.41. The SMILES string of the molecule is CCOC(=O)c1sc2nc(-c3ccc(I)cc3)cn2c1C. The van der Waals surface area contributed by atoms with Gasteiger partial charge < -0.3 is 4.74 Å². The second-order valence-corrected chi connectivity index (χ2v) is 6.75. The lowest BCUT2D eigenvalue weighted by molar-refractivity contribution is 0.0531. The standard InChI is InChI=1S/C15H13IN2O2S/c1-3-20-14(19)13-9(2)18-8-12(17-15(18)21-13)10-4-6-11(16)7-5-10/h4-8H,3H2,1-2H3. The number of fused-ring (bicyclic) bond motifs is 1. The van der Waals surface area contributed by atoms with Gasteiger partial charge >= 0.3 is 5.97 Å². The van der Waals surface area contributed by atoms with Crippen LogP contribution in [-0.2, 0) is 4.74 Å². The number of aryl methyl sites for hydroxylation is 1. The zero-order valence-electron chi connectivity index (χ0n) is 11.6. The van der Waals surface area contributed by atoms with E-state index in [9.17, 15) is 4.79 Å². The molecule has 3 aromatic rings. The third kappa shape index (κ3) is 2.69. The van der Waals surface area contributed by atoms with Crippen molar-refractivity contribution in [3.8, 4) is 11.3 Å². The molecule has 0 aliphatic rings. The van der Waals surface area contributed by atoms with E-state index < -0.39 is 0 Å². The van der Waals surface area contributed by atoms with Crippen molar-refractivity contribution in [2.24, 2.45) is 0 Å². The van der Waals surface area contributed by atoms with Crippen molar-refractivity contribution in [2.45, 2.75) is 13.8 Å². The minimum absolute atomic E-state index is 0.277. The summed E-state index contributed by atoms with van der Waals surface area (Å²) in [7, 11) is 0. The van der Waals surface area contributed by atoms with Gasteiger partial charge in [-0.1, -0.05) is 23.5 Å². The van der Waals surface area contributed by atoms with Gasteiger partial charge in [0.15, 0.2) is 4.96 Å². The molecule has 3 rings (SSSR count). The summed E-state index contributed by atoms with van der Waals surface area (Å²) in [6, 6.07) is 8.21. The van der Waals surface area contributed by atoms with Gasteiger partial charge in [-0.05, 0) is 48.6 Å². The van der Waals surface area contributed by atoms with Crippen molar-refractivity contribution >= 4 is 44.9 Å². The van der Waals surface area contributed by atoms with E-state index in [1.165, 1.54) is 14.9 Å². The molecule has 4 nitrogen and oxygen atoms in total. The van der Waals surface area contributed by atoms with Gasteiger partial charge in [-0.25, -0.2) is 9.78 Å². The van der Waals surface area contributed by atoms with Gasteiger partial charge in [0.25, 0.3) is 0 Å². The number of thiazole rings is 1. The van der Waals surface area contributed by atoms with Gasteiger partial charge in [0, 0.05) is 21.0 Å². The molecule has 21 heavy (non-hydrogen) atoms. The van der Waals surface area contributed by atoms with Crippen LogP contribution in [0.1, 0.15) is 22.3 Å². The van der Waals surface area contributed by atoms with Crippen LogP contribution in [0.15, 0.2) is 30.5 Å². The van der Waals surface area contributed by atoms with Crippen LogP contribution in [0.25, 0.3) is 16.2 Å². The molecule has 0 amide bonds. The number of ether oxygens (including phenoxy) is 1. The van der Waals surface area contributed by atoms with E-state index in [0.29, 0.717) is 11.5 Å². The molecule has 1 aromatic carbocycles. The lowest BCUT2D eigenvalue weighted by Gasteiger charge is -1.99. The summed E-state index contributed by atoms with van der Waals surface area (Å²) < 4.78 is 8.21. The van der Waals surface area contributed by atoms with Crippen LogP contribution in [-0.4, -0.2) is 22.0 Å². The number of aromatic nitrogens is 2. The normalized spacial score (nSPS) is 11.0. The lowest BCUT2D eigenvalue weighted by Crippen LogP contribution is -2.04. The van der Waals surface area contributed by atoms with Crippen LogP contribution in [0.2, 0.25) is 0 Å². The van der Waals surface area contributed by atoms with Crippen molar-refractivity contribution in [3.63, 3.8) is 0 Å². The van der Waals surface area contributed by atoms with Crippen LogP contribution in [0, 0.1) is 10.5 Å². The van der Waals surface area contributed by atoms with E-state index >= 15 is 0 Å². The average molecular weight is 412 g/mol. The van der Waals surface area contributed by atoms with E-state index in [0.717, 1.165) is 21.9 Å². The summed E-state index contributed by atoms with van der Waals surface area (Å²) in [6.45, 7) is 4.10. The largest absolute Gasteiger partial charge is 0.462 e. The maximum Gasteiger partial charge on any atom is 0.350 e. The fourth-order valence-corrected chi connectivity index (χ4v) is 3.46. The first kappa shape index (κ1) is 14.5. The predicted octanol–water partition coefficient (Wildman–Crippen LogP) is 4.15. The molecule has 0 N–H and O–H groups in total. The Kier molecular flexibility index (Phi) is 3.99. The highest BCUT2D eigenvalue weighted by Gasteiger charge is 2.18. The number of imidazole rings is 1. The van der Waals surface area contributed by atoms with Crippen LogP contribution < -0.4 is 0 Å². The Balaban J connectivity index is 2.02. The third-order valence-electron chi connectivity index (χ3n) is 3.16. The Morgan fingerprint density at radius 3 is 2.71 bits per heavy atom. The first-order valence-corrected chi connectivity index (χ1v) is 8.41. The van der Waals surface area contributed by atoms with Crippen molar-refractivity contribution in [1.82, 2.24) is 9.38 Å². The van der Waals surface area contributed by atoms with Crippen LogP contribution in [0.5, 0.6) is 0 Å². The monoisotopic (exact) mass is 412 g/mol. The fourth-order valence-electron chi connectivity index (χ4n) is 2.10. The first-order valence-electron chi connectivity index (χ1n) is 6.51. The van der Waals surface area contributed by atoms with Crippen molar-refractivity contribution in [1.29, 1.82) is 0 Å². The number of carbonyl (C=O) groups is 1. The van der Waals surface area contributed by atoms with Gasteiger partial charge in [-0.2, -0.15) is 0 Å². The number of carbonyl (C=O) groups excluding carboxylic acids is 1. The molecule has 2 aromatic heterocycles. The number of nitrogens with zero attached hydrogens (tertiary/aromatic N) is 2. The molecule has 0 unspecified atom stereocenters. The molecule has 0 radical (unpaired) electrons. The summed E-state index contributed by atoms with van der Waals surface area (Å²) in [4.78, 5) is 17.9. The molecule has 6 heteroatoms. The third-order valence-corrected chi connectivity index (χ3v) is 5.01. The number of hydrogen-bond donors (Lipinski definition) is 0. The molecule has 0 saturated carbocycles. The molecule has 2 heterocycles. The van der Waals surface area contributed by atoms with E-state index in [1.54, 1.807) is 6.92 Å². The van der Waals surface area contributed by atoms with E-state index in [1.807, 2.05) is 17.5 Å². The molecule has 0 atom stereocenters.